The smallest absolute Gasteiger partial charge is 0.250 e. The lowest BCUT2D eigenvalue weighted by Gasteiger charge is -2.25. The van der Waals surface area contributed by atoms with E-state index >= 15 is 0 Å². The largest absolute Gasteiger partial charge is 0.379 e. The topological polar surface area (TPSA) is 54.5 Å². The summed E-state index contributed by atoms with van der Waals surface area (Å²) >= 11 is 1.46. The number of nitrogens with one attached hydrogen (secondary N) is 1. The van der Waals surface area contributed by atoms with Gasteiger partial charge >= 0.3 is 0 Å². The van der Waals surface area contributed by atoms with E-state index in [1.54, 1.807) is 0 Å². The van der Waals surface area contributed by atoms with Crippen LogP contribution in [0.3, 0.4) is 0 Å². The molecule has 126 valence electrons. The number of ether oxygens (including phenoxy) is 1. The summed E-state index contributed by atoms with van der Waals surface area (Å²) in [5, 5.41) is 5.45. The van der Waals surface area contributed by atoms with Crippen LogP contribution in [0, 0.1) is 6.92 Å². The molecule has 1 aromatic heterocycles. The molecule has 1 amide bonds. The summed E-state index contributed by atoms with van der Waals surface area (Å²) in [6, 6.07) is 8.02. The zero-order chi connectivity index (χ0) is 16.8. The number of amides is 1. The van der Waals surface area contributed by atoms with Crippen molar-refractivity contribution >= 4 is 28.5 Å². The monoisotopic (exact) mass is 343 g/mol. The van der Waals surface area contributed by atoms with Crippen molar-refractivity contribution in [3.63, 3.8) is 0 Å². The fourth-order valence-corrected chi connectivity index (χ4v) is 3.22. The lowest BCUT2D eigenvalue weighted by molar-refractivity contribution is -0.111. The first kappa shape index (κ1) is 16.8. The number of anilines is 1. The van der Waals surface area contributed by atoms with Gasteiger partial charge in [-0.1, -0.05) is 29.8 Å². The molecule has 1 aliphatic heterocycles. The molecule has 24 heavy (non-hydrogen) atoms. The number of rotatable bonds is 5. The molecule has 1 aromatic carbocycles. The van der Waals surface area contributed by atoms with Crippen molar-refractivity contribution in [2.75, 3.05) is 31.6 Å². The van der Waals surface area contributed by atoms with Gasteiger partial charge in [0.05, 0.1) is 18.9 Å². The Morgan fingerprint density at radius 1 is 1.42 bits per heavy atom. The number of morpholine rings is 1. The molecule has 6 heteroatoms. The van der Waals surface area contributed by atoms with Gasteiger partial charge in [-0.25, -0.2) is 4.98 Å². The molecule has 3 rings (SSSR count). The molecule has 0 spiro atoms. The average Bonchev–Trinajstić information content (AvgIpc) is 3.01. The van der Waals surface area contributed by atoms with E-state index in [1.165, 1.54) is 23.0 Å². The number of carbonyl (C=O) groups is 1. The summed E-state index contributed by atoms with van der Waals surface area (Å²) in [6.07, 6.45) is 3.35. The van der Waals surface area contributed by atoms with Crippen LogP contribution in [0.25, 0.3) is 6.08 Å². The normalized spacial score (nSPS) is 15.7. The maximum absolute atomic E-state index is 12.0. The Labute approximate surface area is 146 Å². The predicted molar refractivity (Wildman–Crippen MR) is 97.1 cm³/mol. The van der Waals surface area contributed by atoms with Gasteiger partial charge in [-0.2, -0.15) is 0 Å². The third-order valence-electron chi connectivity index (χ3n) is 3.74. The number of benzene rings is 1. The number of aryl methyl sites for hydroxylation is 1. The van der Waals surface area contributed by atoms with Crippen LogP contribution < -0.4 is 5.32 Å². The van der Waals surface area contributed by atoms with E-state index in [0.717, 1.165) is 44.1 Å². The number of thiazole rings is 1. The van der Waals surface area contributed by atoms with Crippen molar-refractivity contribution in [1.29, 1.82) is 0 Å². The van der Waals surface area contributed by atoms with Gasteiger partial charge in [-0.05, 0) is 18.6 Å². The van der Waals surface area contributed by atoms with Gasteiger partial charge in [0.2, 0.25) is 5.91 Å². The van der Waals surface area contributed by atoms with Crippen molar-refractivity contribution < 1.29 is 9.53 Å². The second kappa shape index (κ2) is 8.19. The molecule has 0 radical (unpaired) electrons. The van der Waals surface area contributed by atoms with Gasteiger partial charge in [0.1, 0.15) is 0 Å². The van der Waals surface area contributed by atoms with Gasteiger partial charge in [0, 0.05) is 31.1 Å². The van der Waals surface area contributed by atoms with Crippen molar-refractivity contribution in [2.45, 2.75) is 13.5 Å². The second-order valence-electron chi connectivity index (χ2n) is 5.77. The van der Waals surface area contributed by atoms with E-state index < -0.39 is 0 Å². The number of hydrogen-bond donors (Lipinski definition) is 1. The fraction of sp³-hybridized carbons (Fsp3) is 0.333. The van der Waals surface area contributed by atoms with Crippen molar-refractivity contribution in [1.82, 2.24) is 9.88 Å². The Morgan fingerprint density at radius 2 is 2.25 bits per heavy atom. The molecular formula is C18H21N3O2S. The van der Waals surface area contributed by atoms with Gasteiger partial charge < -0.3 is 4.74 Å². The van der Waals surface area contributed by atoms with Crippen LogP contribution in [0.2, 0.25) is 0 Å². The highest BCUT2D eigenvalue weighted by atomic mass is 32.1. The molecule has 1 N–H and O–H groups in total. The van der Waals surface area contributed by atoms with E-state index in [1.807, 2.05) is 42.6 Å². The summed E-state index contributed by atoms with van der Waals surface area (Å²) in [7, 11) is 0. The highest BCUT2D eigenvalue weighted by Gasteiger charge is 2.13. The Bertz CT molecular complexity index is 721. The third-order valence-corrected chi connectivity index (χ3v) is 4.55. The van der Waals surface area contributed by atoms with E-state index in [-0.39, 0.29) is 5.91 Å². The summed E-state index contributed by atoms with van der Waals surface area (Å²) < 4.78 is 5.34. The molecule has 1 aliphatic rings. The quantitative estimate of drug-likeness (QED) is 0.848. The Kier molecular flexibility index (Phi) is 5.74. The van der Waals surface area contributed by atoms with Crippen molar-refractivity contribution in [2.24, 2.45) is 0 Å². The van der Waals surface area contributed by atoms with E-state index in [0.29, 0.717) is 5.13 Å². The molecule has 1 fully saturated rings. The standard InChI is InChI=1S/C18H21N3O2S/c1-14-3-2-4-15(11-14)5-6-17(22)20-18-19-16(13-24-18)12-21-7-9-23-10-8-21/h2-6,11,13H,7-10,12H2,1H3,(H,19,20,22)/b6-5+. The van der Waals surface area contributed by atoms with Crippen LogP contribution in [0.1, 0.15) is 16.8 Å². The minimum atomic E-state index is -0.163. The minimum Gasteiger partial charge on any atom is -0.379 e. The van der Waals surface area contributed by atoms with Gasteiger partial charge in [-0.3, -0.25) is 15.0 Å². The van der Waals surface area contributed by atoms with E-state index in [2.05, 4.69) is 15.2 Å². The zero-order valence-electron chi connectivity index (χ0n) is 13.7. The molecule has 1 saturated heterocycles. The van der Waals surface area contributed by atoms with Crippen molar-refractivity contribution in [3.05, 3.63) is 52.5 Å². The van der Waals surface area contributed by atoms with Crippen LogP contribution >= 0.6 is 11.3 Å². The maximum atomic E-state index is 12.0. The van der Waals surface area contributed by atoms with Crippen LogP contribution in [-0.2, 0) is 16.1 Å². The second-order valence-corrected chi connectivity index (χ2v) is 6.63. The summed E-state index contributed by atoms with van der Waals surface area (Å²) in [5.41, 5.74) is 3.17. The first-order chi connectivity index (χ1) is 11.7. The minimum absolute atomic E-state index is 0.163. The van der Waals surface area contributed by atoms with E-state index in [9.17, 15) is 4.79 Å². The van der Waals surface area contributed by atoms with Crippen LogP contribution in [0.15, 0.2) is 35.7 Å². The van der Waals surface area contributed by atoms with Gasteiger partial charge in [0.15, 0.2) is 5.13 Å². The molecule has 0 aliphatic carbocycles. The van der Waals surface area contributed by atoms with Crippen LogP contribution in [0.4, 0.5) is 5.13 Å². The molecule has 0 unspecified atom stereocenters. The summed E-state index contributed by atoms with van der Waals surface area (Å²) in [5.74, 6) is -0.163. The lowest BCUT2D eigenvalue weighted by Crippen LogP contribution is -2.35. The summed E-state index contributed by atoms with van der Waals surface area (Å²) in [6.45, 7) is 6.24. The Hall–Kier alpha value is -2.02. The van der Waals surface area contributed by atoms with Crippen molar-refractivity contribution in [3.8, 4) is 0 Å². The predicted octanol–water partition coefficient (Wildman–Crippen LogP) is 2.94. The SMILES string of the molecule is Cc1cccc(/C=C/C(=O)Nc2nc(CN3CCOCC3)cs2)c1. The zero-order valence-corrected chi connectivity index (χ0v) is 14.5. The summed E-state index contributed by atoms with van der Waals surface area (Å²) in [4.78, 5) is 18.8. The van der Waals surface area contributed by atoms with E-state index in [4.69, 9.17) is 4.74 Å². The number of carbonyl (C=O) groups excluding carboxylic acids is 1. The van der Waals surface area contributed by atoms with Crippen LogP contribution in [0.5, 0.6) is 0 Å². The van der Waals surface area contributed by atoms with Gasteiger partial charge in [0.25, 0.3) is 0 Å². The van der Waals surface area contributed by atoms with Gasteiger partial charge in [-0.15, -0.1) is 11.3 Å². The number of aromatic nitrogens is 1. The Balaban J connectivity index is 1.53. The molecule has 5 nitrogen and oxygen atoms in total. The molecular weight excluding hydrogens is 322 g/mol. The highest BCUT2D eigenvalue weighted by Crippen LogP contribution is 2.17. The Morgan fingerprint density at radius 3 is 3.04 bits per heavy atom. The number of hydrogen-bond acceptors (Lipinski definition) is 5. The van der Waals surface area contributed by atoms with Crippen LogP contribution in [-0.4, -0.2) is 42.1 Å². The first-order valence-electron chi connectivity index (χ1n) is 7.99. The highest BCUT2D eigenvalue weighted by molar-refractivity contribution is 7.13. The average molecular weight is 343 g/mol. The maximum Gasteiger partial charge on any atom is 0.250 e. The molecule has 0 atom stereocenters. The fourth-order valence-electron chi connectivity index (χ4n) is 2.52. The third kappa shape index (κ3) is 4.99. The molecule has 0 saturated carbocycles. The molecule has 2 aromatic rings. The molecule has 0 bridgehead atoms. The number of nitrogens with zero attached hydrogens (tertiary/aromatic N) is 2. The molecule has 2 heterocycles. The first-order valence-corrected chi connectivity index (χ1v) is 8.87. The lowest BCUT2D eigenvalue weighted by atomic mass is 10.1.